The largest absolute Gasteiger partial charge is 0.453 e. The quantitative estimate of drug-likeness (QED) is 0.677. The molecule has 0 unspecified atom stereocenters. The SMILES string of the molecule is COC(=O)Nc1nc2c(s1)CN(CC(=O)Nc1nc3ccc(C)cc3s1)CC2. The summed E-state index contributed by atoms with van der Waals surface area (Å²) in [5.41, 5.74) is 3.03. The van der Waals surface area contributed by atoms with E-state index in [0.29, 0.717) is 16.8 Å². The van der Waals surface area contributed by atoms with Crippen molar-refractivity contribution in [3.05, 3.63) is 34.3 Å². The summed E-state index contributed by atoms with van der Waals surface area (Å²) in [6, 6.07) is 6.04. The summed E-state index contributed by atoms with van der Waals surface area (Å²) in [6.07, 6.45) is 0.205. The number of ether oxygens (including phenoxy) is 1. The fraction of sp³-hybridized carbons (Fsp3) is 0.333. The number of hydrogen-bond acceptors (Lipinski definition) is 8. The lowest BCUT2D eigenvalue weighted by Crippen LogP contribution is -2.36. The number of nitrogens with zero attached hydrogens (tertiary/aromatic N) is 3. The average molecular weight is 418 g/mol. The van der Waals surface area contributed by atoms with Gasteiger partial charge in [0.25, 0.3) is 0 Å². The van der Waals surface area contributed by atoms with Crippen molar-refractivity contribution in [3.63, 3.8) is 0 Å². The first-order valence-electron chi connectivity index (χ1n) is 8.73. The third kappa shape index (κ3) is 4.13. The standard InChI is InChI=1S/C18H19N5O3S2/c1-10-3-4-11-13(7-10)27-16(19-11)21-15(24)9-23-6-5-12-14(8-23)28-17(20-12)22-18(25)26-2/h3-4,7H,5-6,8-9H2,1-2H3,(H,19,21,24)(H,20,22,25). The van der Waals surface area contributed by atoms with E-state index >= 15 is 0 Å². The Balaban J connectivity index is 1.36. The minimum absolute atomic E-state index is 0.0864. The molecule has 0 fully saturated rings. The van der Waals surface area contributed by atoms with E-state index in [-0.39, 0.29) is 12.5 Å². The lowest BCUT2D eigenvalue weighted by molar-refractivity contribution is -0.117. The number of amides is 2. The molecule has 3 aromatic rings. The number of fused-ring (bicyclic) bond motifs is 2. The van der Waals surface area contributed by atoms with E-state index < -0.39 is 6.09 Å². The molecule has 0 atom stereocenters. The molecule has 3 heterocycles. The van der Waals surface area contributed by atoms with Gasteiger partial charge >= 0.3 is 6.09 Å². The summed E-state index contributed by atoms with van der Waals surface area (Å²) in [5, 5.41) is 6.63. The summed E-state index contributed by atoms with van der Waals surface area (Å²) in [7, 11) is 1.32. The van der Waals surface area contributed by atoms with Crippen molar-refractivity contribution in [3.8, 4) is 0 Å². The van der Waals surface area contributed by atoms with Gasteiger partial charge in [-0.25, -0.2) is 14.8 Å². The van der Waals surface area contributed by atoms with Gasteiger partial charge in [-0.05, 0) is 24.6 Å². The zero-order valence-corrected chi connectivity index (χ0v) is 17.1. The lowest BCUT2D eigenvalue weighted by atomic mass is 10.2. The molecule has 10 heteroatoms. The minimum atomic E-state index is -0.534. The molecule has 0 aliphatic carbocycles. The Kier molecular flexibility index (Phi) is 5.25. The predicted octanol–water partition coefficient (Wildman–Crippen LogP) is 3.24. The predicted molar refractivity (Wildman–Crippen MR) is 110 cm³/mol. The maximum atomic E-state index is 12.5. The molecule has 28 heavy (non-hydrogen) atoms. The average Bonchev–Trinajstić information content (AvgIpc) is 3.23. The van der Waals surface area contributed by atoms with Gasteiger partial charge in [0.05, 0.1) is 29.6 Å². The van der Waals surface area contributed by atoms with Crippen LogP contribution in [0.4, 0.5) is 15.1 Å². The third-order valence-corrected chi connectivity index (χ3v) is 6.29. The number of rotatable bonds is 4. The fourth-order valence-corrected chi connectivity index (χ4v) is 5.04. The number of aryl methyl sites for hydroxylation is 1. The summed E-state index contributed by atoms with van der Waals surface area (Å²) in [6.45, 7) is 3.68. The molecule has 2 aromatic heterocycles. The monoisotopic (exact) mass is 417 g/mol. The Morgan fingerprint density at radius 2 is 2.04 bits per heavy atom. The van der Waals surface area contributed by atoms with Gasteiger partial charge in [-0.15, -0.1) is 0 Å². The highest BCUT2D eigenvalue weighted by atomic mass is 32.1. The van der Waals surface area contributed by atoms with E-state index in [1.165, 1.54) is 35.3 Å². The molecule has 146 valence electrons. The van der Waals surface area contributed by atoms with Gasteiger partial charge < -0.3 is 10.1 Å². The maximum Gasteiger partial charge on any atom is 0.413 e. The highest BCUT2D eigenvalue weighted by Crippen LogP contribution is 2.29. The first-order chi connectivity index (χ1) is 13.5. The van der Waals surface area contributed by atoms with Crippen molar-refractivity contribution < 1.29 is 14.3 Å². The third-order valence-electron chi connectivity index (χ3n) is 4.36. The second-order valence-corrected chi connectivity index (χ2v) is 8.62. The molecule has 4 rings (SSSR count). The number of carbonyl (C=O) groups excluding carboxylic acids is 2. The molecule has 0 spiro atoms. The summed E-state index contributed by atoms with van der Waals surface area (Å²) < 4.78 is 5.66. The molecule has 2 amide bonds. The Labute approximate surface area is 169 Å². The summed E-state index contributed by atoms with van der Waals surface area (Å²) >= 11 is 2.89. The number of anilines is 2. The fourth-order valence-electron chi connectivity index (χ4n) is 3.02. The van der Waals surface area contributed by atoms with Crippen molar-refractivity contribution in [2.75, 3.05) is 30.8 Å². The molecule has 1 aromatic carbocycles. The minimum Gasteiger partial charge on any atom is -0.453 e. The molecule has 0 bridgehead atoms. The van der Waals surface area contributed by atoms with E-state index in [9.17, 15) is 9.59 Å². The first kappa shape index (κ1) is 18.8. The van der Waals surface area contributed by atoms with Crippen LogP contribution in [-0.4, -0.2) is 47.1 Å². The van der Waals surface area contributed by atoms with E-state index in [1.54, 1.807) is 0 Å². The van der Waals surface area contributed by atoms with Gasteiger partial charge in [-0.2, -0.15) is 0 Å². The van der Waals surface area contributed by atoms with Crippen LogP contribution in [-0.2, 0) is 22.5 Å². The Morgan fingerprint density at radius 3 is 2.86 bits per heavy atom. The second-order valence-electron chi connectivity index (χ2n) is 6.50. The summed E-state index contributed by atoms with van der Waals surface area (Å²) in [4.78, 5) is 35.8. The molecule has 1 aliphatic heterocycles. The number of methoxy groups -OCH3 is 1. The molecule has 0 saturated carbocycles. The molecular weight excluding hydrogens is 398 g/mol. The zero-order chi connectivity index (χ0) is 19.7. The van der Waals surface area contributed by atoms with Crippen LogP contribution in [0.25, 0.3) is 10.2 Å². The number of carbonyl (C=O) groups is 2. The van der Waals surface area contributed by atoms with E-state index in [4.69, 9.17) is 0 Å². The van der Waals surface area contributed by atoms with Gasteiger partial charge in [-0.1, -0.05) is 28.7 Å². The van der Waals surface area contributed by atoms with E-state index in [0.717, 1.165) is 33.8 Å². The number of hydrogen-bond donors (Lipinski definition) is 2. The smallest absolute Gasteiger partial charge is 0.413 e. The Hall–Kier alpha value is -2.56. The van der Waals surface area contributed by atoms with Gasteiger partial charge in [0.2, 0.25) is 5.91 Å². The first-order valence-corrected chi connectivity index (χ1v) is 10.4. The van der Waals surface area contributed by atoms with Crippen molar-refractivity contribution in [1.29, 1.82) is 0 Å². The van der Waals surface area contributed by atoms with E-state index in [2.05, 4.69) is 36.3 Å². The number of benzene rings is 1. The molecule has 0 saturated heterocycles. The molecule has 2 N–H and O–H groups in total. The molecule has 1 aliphatic rings. The number of aromatic nitrogens is 2. The number of nitrogens with one attached hydrogen (secondary N) is 2. The highest BCUT2D eigenvalue weighted by Gasteiger charge is 2.23. The molecule has 8 nitrogen and oxygen atoms in total. The van der Waals surface area contributed by atoms with Crippen LogP contribution in [0, 0.1) is 6.92 Å². The van der Waals surface area contributed by atoms with Crippen LogP contribution in [0.15, 0.2) is 18.2 Å². The normalized spacial score (nSPS) is 13.9. The highest BCUT2D eigenvalue weighted by molar-refractivity contribution is 7.22. The van der Waals surface area contributed by atoms with Crippen LogP contribution in [0.1, 0.15) is 16.1 Å². The second kappa shape index (κ2) is 7.82. The molecular formula is C18H19N5O3S2. The van der Waals surface area contributed by atoms with Gasteiger partial charge in [0.15, 0.2) is 10.3 Å². The van der Waals surface area contributed by atoms with Crippen molar-refractivity contribution in [2.45, 2.75) is 19.9 Å². The van der Waals surface area contributed by atoms with Crippen LogP contribution < -0.4 is 10.6 Å². The van der Waals surface area contributed by atoms with Gasteiger partial charge in [0, 0.05) is 24.4 Å². The molecule has 0 radical (unpaired) electrons. The maximum absolute atomic E-state index is 12.5. The van der Waals surface area contributed by atoms with Crippen LogP contribution in [0.5, 0.6) is 0 Å². The Bertz CT molecular complexity index is 1050. The van der Waals surface area contributed by atoms with Crippen LogP contribution >= 0.6 is 22.7 Å². The van der Waals surface area contributed by atoms with Gasteiger partial charge in [-0.3, -0.25) is 15.0 Å². The summed E-state index contributed by atoms with van der Waals surface area (Å²) in [5.74, 6) is -0.0864. The topological polar surface area (TPSA) is 96.5 Å². The van der Waals surface area contributed by atoms with Crippen molar-refractivity contribution in [2.24, 2.45) is 0 Å². The van der Waals surface area contributed by atoms with Crippen molar-refractivity contribution >= 4 is 55.2 Å². The van der Waals surface area contributed by atoms with Crippen LogP contribution in [0.3, 0.4) is 0 Å². The van der Waals surface area contributed by atoms with E-state index in [1.807, 2.05) is 19.1 Å². The zero-order valence-electron chi connectivity index (χ0n) is 15.4. The van der Waals surface area contributed by atoms with Gasteiger partial charge in [0.1, 0.15) is 0 Å². The van der Waals surface area contributed by atoms with Crippen molar-refractivity contribution in [1.82, 2.24) is 14.9 Å². The number of thiazole rings is 2. The lowest BCUT2D eigenvalue weighted by Gasteiger charge is -2.24. The van der Waals surface area contributed by atoms with Crippen LogP contribution in [0.2, 0.25) is 0 Å². The Morgan fingerprint density at radius 1 is 1.21 bits per heavy atom.